The lowest BCUT2D eigenvalue weighted by molar-refractivity contribution is 0.621. The summed E-state index contributed by atoms with van der Waals surface area (Å²) < 4.78 is 0. The molecule has 0 radical (unpaired) electrons. The molecule has 96 valence electrons. The topological polar surface area (TPSA) is 12.0 Å². The molecule has 0 fully saturated rings. The van der Waals surface area contributed by atoms with Crippen LogP contribution in [0, 0.1) is 6.92 Å². The lowest BCUT2D eigenvalue weighted by Gasteiger charge is -2.21. The minimum atomic E-state index is 0.310. The zero-order chi connectivity index (χ0) is 13.0. The van der Waals surface area contributed by atoms with Crippen LogP contribution < -0.4 is 5.32 Å². The van der Waals surface area contributed by atoms with E-state index >= 15 is 0 Å². The monoisotopic (exact) mass is 277 g/mol. The molecule has 2 rings (SSSR count). The largest absolute Gasteiger partial charge is 0.306 e. The molecule has 2 aromatic rings. The van der Waals surface area contributed by atoms with E-state index in [0.717, 1.165) is 6.54 Å². The number of rotatable bonds is 5. The number of hydrogen-bond donors (Lipinski definition) is 1. The van der Waals surface area contributed by atoms with Gasteiger partial charge in [-0.25, -0.2) is 0 Å². The van der Waals surface area contributed by atoms with Crippen molar-refractivity contribution in [2.75, 3.05) is 12.8 Å². The molecular weight excluding hydrogens is 258 g/mol. The molecule has 0 saturated carbocycles. The third-order valence-corrected chi connectivity index (χ3v) is 4.74. The van der Waals surface area contributed by atoms with E-state index in [-0.39, 0.29) is 0 Å². The average Bonchev–Trinajstić information content (AvgIpc) is 2.82. The average molecular weight is 277 g/mol. The fourth-order valence-corrected chi connectivity index (χ4v) is 3.57. The van der Waals surface area contributed by atoms with Crippen molar-refractivity contribution in [3.8, 4) is 0 Å². The minimum absolute atomic E-state index is 0.310. The van der Waals surface area contributed by atoms with Crippen molar-refractivity contribution in [1.29, 1.82) is 0 Å². The summed E-state index contributed by atoms with van der Waals surface area (Å²) in [6, 6.07) is 11.2. The van der Waals surface area contributed by atoms with Gasteiger partial charge in [-0.2, -0.15) is 0 Å². The summed E-state index contributed by atoms with van der Waals surface area (Å²) >= 11 is 3.64. The van der Waals surface area contributed by atoms with Gasteiger partial charge in [-0.05, 0) is 48.4 Å². The van der Waals surface area contributed by atoms with E-state index in [4.69, 9.17) is 0 Å². The number of benzene rings is 1. The lowest BCUT2D eigenvalue weighted by Crippen LogP contribution is -2.22. The molecule has 1 aromatic carbocycles. The predicted molar refractivity (Wildman–Crippen MR) is 82.8 cm³/mol. The standard InChI is InChI=1S/C15H19NS2/c1-4-16-15(12-9-10-18-11(12)2)13-7-5-6-8-14(13)17-3/h5-10,15-16H,4H2,1-3H3. The highest BCUT2D eigenvalue weighted by molar-refractivity contribution is 7.98. The van der Waals surface area contributed by atoms with Crippen molar-refractivity contribution in [3.63, 3.8) is 0 Å². The molecule has 18 heavy (non-hydrogen) atoms. The van der Waals surface area contributed by atoms with E-state index in [1.165, 1.54) is 20.9 Å². The minimum Gasteiger partial charge on any atom is -0.306 e. The molecule has 0 amide bonds. The van der Waals surface area contributed by atoms with E-state index in [0.29, 0.717) is 6.04 Å². The Bertz CT molecular complexity index is 505. The van der Waals surface area contributed by atoms with Crippen LogP contribution in [-0.4, -0.2) is 12.8 Å². The zero-order valence-electron chi connectivity index (χ0n) is 11.1. The Hall–Kier alpha value is -0.770. The SMILES string of the molecule is CCNC(c1ccccc1SC)c1ccsc1C. The molecule has 1 unspecified atom stereocenters. The van der Waals surface area contributed by atoms with Gasteiger partial charge in [0.05, 0.1) is 6.04 Å². The molecule has 0 spiro atoms. The molecule has 0 aliphatic carbocycles. The van der Waals surface area contributed by atoms with Crippen LogP contribution in [0.25, 0.3) is 0 Å². The fraction of sp³-hybridized carbons (Fsp3) is 0.333. The molecule has 0 saturated heterocycles. The third kappa shape index (κ3) is 2.79. The van der Waals surface area contributed by atoms with Gasteiger partial charge >= 0.3 is 0 Å². The number of aryl methyl sites for hydroxylation is 1. The van der Waals surface area contributed by atoms with Crippen molar-refractivity contribution in [3.05, 3.63) is 51.7 Å². The molecule has 1 aromatic heterocycles. The highest BCUT2D eigenvalue weighted by Gasteiger charge is 2.18. The summed E-state index contributed by atoms with van der Waals surface area (Å²) in [4.78, 5) is 2.76. The van der Waals surface area contributed by atoms with Crippen molar-refractivity contribution in [2.45, 2.75) is 24.8 Å². The normalized spacial score (nSPS) is 12.6. The van der Waals surface area contributed by atoms with Crippen LogP contribution in [0.15, 0.2) is 40.6 Å². The number of nitrogens with one attached hydrogen (secondary N) is 1. The van der Waals surface area contributed by atoms with E-state index < -0.39 is 0 Å². The summed E-state index contributed by atoms with van der Waals surface area (Å²) in [5, 5.41) is 5.79. The van der Waals surface area contributed by atoms with Crippen LogP contribution in [0.5, 0.6) is 0 Å². The van der Waals surface area contributed by atoms with Crippen LogP contribution in [0.4, 0.5) is 0 Å². The highest BCUT2D eigenvalue weighted by Crippen LogP contribution is 2.33. The van der Waals surface area contributed by atoms with Gasteiger partial charge in [0.15, 0.2) is 0 Å². The first-order valence-corrected chi connectivity index (χ1v) is 8.28. The van der Waals surface area contributed by atoms with Gasteiger partial charge in [-0.15, -0.1) is 23.1 Å². The van der Waals surface area contributed by atoms with Crippen LogP contribution in [0.1, 0.15) is 29.0 Å². The van der Waals surface area contributed by atoms with Crippen LogP contribution >= 0.6 is 23.1 Å². The number of thiophene rings is 1. The Morgan fingerprint density at radius 3 is 2.61 bits per heavy atom. The van der Waals surface area contributed by atoms with Gasteiger partial charge in [0.2, 0.25) is 0 Å². The molecule has 3 heteroatoms. The molecule has 0 aliphatic rings. The van der Waals surface area contributed by atoms with Crippen LogP contribution in [-0.2, 0) is 0 Å². The van der Waals surface area contributed by atoms with Gasteiger partial charge in [-0.3, -0.25) is 0 Å². The Balaban J connectivity index is 2.45. The van der Waals surface area contributed by atoms with Crippen LogP contribution in [0.3, 0.4) is 0 Å². The maximum atomic E-state index is 3.61. The Kier molecular flexibility index (Phi) is 4.87. The number of thioether (sulfide) groups is 1. The molecule has 0 aliphatic heterocycles. The van der Waals surface area contributed by atoms with Gasteiger partial charge < -0.3 is 5.32 Å². The maximum Gasteiger partial charge on any atom is 0.0598 e. The fourth-order valence-electron chi connectivity index (χ4n) is 2.19. The molecule has 1 N–H and O–H groups in total. The molecule has 0 bridgehead atoms. The molecule has 1 nitrogen and oxygen atoms in total. The maximum absolute atomic E-state index is 3.61. The predicted octanol–water partition coefficient (Wildman–Crippen LogP) is 4.48. The first-order chi connectivity index (χ1) is 8.77. The summed E-state index contributed by atoms with van der Waals surface area (Å²) in [5.74, 6) is 0. The lowest BCUT2D eigenvalue weighted by atomic mass is 9.99. The molecule has 1 atom stereocenters. The van der Waals surface area contributed by atoms with E-state index in [1.54, 1.807) is 0 Å². The van der Waals surface area contributed by atoms with Crippen molar-refractivity contribution in [1.82, 2.24) is 5.32 Å². The summed E-state index contributed by atoms with van der Waals surface area (Å²) in [5.41, 5.74) is 2.79. The summed E-state index contributed by atoms with van der Waals surface area (Å²) in [6.45, 7) is 5.34. The van der Waals surface area contributed by atoms with Crippen LogP contribution in [0.2, 0.25) is 0 Å². The van der Waals surface area contributed by atoms with Crippen molar-refractivity contribution < 1.29 is 0 Å². The van der Waals surface area contributed by atoms with Gasteiger partial charge in [-0.1, -0.05) is 25.1 Å². The Morgan fingerprint density at radius 1 is 1.22 bits per heavy atom. The van der Waals surface area contributed by atoms with E-state index in [2.05, 4.69) is 61.1 Å². The summed E-state index contributed by atoms with van der Waals surface area (Å²) in [7, 11) is 0. The van der Waals surface area contributed by atoms with Gasteiger partial charge in [0.25, 0.3) is 0 Å². The quantitative estimate of drug-likeness (QED) is 0.809. The second kappa shape index (κ2) is 6.41. The van der Waals surface area contributed by atoms with Gasteiger partial charge in [0, 0.05) is 9.77 Å². The smallest absolute Gasteiger partial charge is 0.0598 e. The van der Waals surface area contributed by atoms with E-state index in [1.807, 2.05) is 23.1 Å². The molecular formula is C15H19NS2. The zero-order valence-corrected chi connectivity index (χ0v) is 12.7. The van der Waals surface area contributed by atoms with Crippen molar-refractivity contribution in [2.24, 2.45) is 0 Å². The first kappa shape index (κ1) is 13.7. The Labute approximate surface area is 118 Å². The van der Waals surface area contributed by atoms with Crippen molar-refractivity contribution >= 4 is 23.1 Å². The second-order valence-corrected chi connectivity index (χ2v) is 6.13. The number of hydrogen-bond acceptors (Lipinski definition) is 3. The third-order valence-electron chi connectivity index (χ3n) is 3.07. The van der Waals surface area contributed by atoms with E-state index in [9.17, 15) is 0 Å². The summed E-state index contributed by atoms with van der Waals surface area (Å²) in [6.07, 6.45) is 2.14. The second-order valence-electron chi connectivity index (χ2n) is 4.16. The highest BCUT2D eigenvalue weighted by atomic mass is 32.2. The molecule has 1 heterocycles. The Morgan fingerprint density at radius 2 is 2.00 bits per heavy atom. The van der Waals surface area contributed by atoms with Gasteiger partial charge in [0.1, 0.15) is 0 Å². The first-order valence-electron chi connectivity index (χ1n) is 6.18.